The van der Waals surface area contributed by atoms with Crippen molar-refractivity contribution in [2.45, 2.75) is 12.8 Å². The number of nitrogens with one attached hydrogen (secondary N) is 1. The summed E-state index contributed by atoms with van der Waals surface area (Å²) in [4.78, 5) is 14.2. The van der Waals surface area contributed by atoms with Gasteiger partial charge >= 0.3 is 0 Å². The molecule has 1 heterocycles. The Morgan fingerprint density at radius 1 is 1.45 bits per heavy atom. The minimum Gasteiger partial charge on any atom is -0.507 e. The van der Waals surface area contributed by atoms with Crippen molar-refractivity contribution in [2.24, 2.45) is 5.92 Å². The van der Waals surface area contributed by atoms with E-state index in [0.717, 1.165) is 36.9 Å². The van der Waals surface area contributed by atoms with E-state index in [1.54, 1.807) is 18.2 Å². The van der Waals surface area contributed by atoms with Gasteiger partial charge in [0.15, 0.2) is 0 Å². The number of phenolic OH excluding ortho intramolecular Hbond substituents is 1. The highest BCUT2D eigenvalue weighted by molar-refractivity contribution is 9.10. The molecule has 1 aliphatic heterocycles. The Morgan fingerprint density at radius 2 is 2.10 bits per heavy atom. The lowest BCUT2D eigenvalue weighted by atomic mass is 9.96. The Balaban J connectivity index is 0.00000200. The molecule has 1 aromatic rings. The monoisotopic (exact) mass is 362 g/mol. The molecule has 0 saturated carbocycles. The smallest absolute Gasteiger partial charge is 0.257 e. The molecule has 4 nitrogen and oxygen atoms in total. The molecular formula is C14H20BrClN2O2. The SMILES string of the molecule is CNCC1CCN(C(=O)c2cc(Br)ccc2O)CC1.Cl. The molecule has 112 valence electrons. The van der Waals surface area contributed by atoms with Crippen LogP contribution in [0.5, 0.6) is 5.75 Å². The number of phenols is 1. The van der Waals surface area contributed by atoms with Gasteiger partial charge in [0.2, 0.25) is 0 Å². The van der Waals surface area contributed by atoms with E-state index in [-0.39, 0.29) is 24.1 Å². The van der Waals surface area contributed by atoms with E-state index >= 15 is 0 Å². The second kappa shape index (κ2) is 7.86. The predicted molar refractivity (Wildman–Crippen MR) is 85.6 cm³/mol. The van der Waals surface area contributed by atoms with Gasteiger partial charge in [-0.2, -0.15) is 0 Å². The highest BCUT2D eigenvalue weighted by Crippen LogP contribution is 2.25. The molecule has 6 heteroatoms. The Hall–Kier alpha value is -0.780. The summed E-state index contributed by atoms with van der Waals surface area (Å²) in [6.45, 7) is 2.53. The van der Waals surface area contributed by atoms with Crippen molar-refractivity contribution in [3.8, 4) is 5.75 Å². The summed E-state index contributed by atoms with van der Waals surface area (Å²) in [6, 6.07) is 4.95. The quantitative estimate of drug-likeness (QED) is 0.868. The fourth-order valence-corrected chi connectivity index (χ4v) is 2.84. The molecule has 1 fully saturated rings. The first-order valence-electron chi connectivity index (χ1n) is 6.54. The third kappa shape index (κ3) is 4.11. The van der Waals surface area contributed by atoms with Gasteiger partial charge in [0.1, 0.15) is 5.75 Å². The third-order valence-electron chi connectivity index (χ3n) is 3.58. The molecule has 0 atom stereocenters. The fraction of sp³-hybridized carbons (Fsp3) is 0.500. The molecule has 0 radical (unpaired) electrons. The van der Waals surface area contributed by atoms with Crippen LogP contribution in [0.15, 0.2) is 22.7 Å². The maximum atomic E-state index is 12.4. The van der Waals surface area contributed by atoms with E-state index in [1.807, 2.05) is 11.9 Å². The van der Waals surface area contributed by atoms with Crippen molar-refractivity contribution in [3.05, 3.63) is 28.2 Å². The van der Waals surface area contributed by atoms with E-state index < -0.39 is 0 Å². The van der Waals surface area contributed by atoms with Gasteiger partial charge in [0.05, 0.1) is 5.56 Å². The second-order valence-electron chi connectivity index (χ2n) is 4.95. The molecule has 2 rings (SSSR count). The number of likely N-dealkylation sites (tertiary alicyclic amines) is 1. The molecule has 20 heavy (non-hydrogen) atoms. The van der Waals surface area contributed by atoms with E-state index in [4.69, 9.17) is 0 Å². The van der Waals surface area contributed by atoms with Crippen LogP contribution in [0.2, 0.25) is 0 Å². The fourth-order valence-electron chi connectivity index (χ4n) is 2.48. The average molecular weight is 364 g/mol. The maximum absolute atomic E-state index is 12.4. The normalized spacial score (nSPS) is 15.8. The molecule has 1 saturated heterocycles. The number of halogens is 2. The predicted octanol–water partition coefficient (Wildman–Crippen LogP) is 2.65. The van der Waals surface area contributed by atoms with Crippen LogP contribution in [0.25, 0.3) is 0 Å². The number of piperidine rings is 1. The van der Waals surface area contributed by atoms with Crippen LogP contribution in [0, 0.1) is 5.92 Å². The number of nitrogens with zero attached hydrogens (tertiary/aromatic N) is 1. The minimum absolute atomic E-state index is 0. The zero-order chi connectivity index (χ0) is 13.8. The summed E-state index contributed by atoms with van der Waals surface area (Å²) in [6.07, 6.45) is 2.03. The molecule has 0 spiro atoms. The molecule has 0 aromatic heterocycles. The van der Waals surface area contributed by atoms with Crippen LogP contribution in [-0.2, 0) is 0 Å². The topological polar surface area (TPSA) is 52.6 Å². The second-order valence-corrected chi connectivity index (χ2v) is 5.87. The van der Waals surface area contributed by atoms with E-state index in [1.165, 1.54) is 0 Å². The van der Waals surface area contributed by atoms with Gasteiger partial charge in [0, 0.05) is 17.6 Å². The molecule has 0 aliphatic carbocycles. The minimum atomic E-state index is -0.0818. The lowest BCUT2D eigenvalue weighted by Gasteiger charge is -2.32. The van der Waals surface area contributed by atoms with Crippen LogP contribution in [0.4, 0.5) is 0 Å². The van der Waals surface area contributed by atoms with Gasteiger partial charge in [-0.3, -0.25) is 4.79 Å². The molecule has 0 unspecified atom stereocenters. The summed E-state index contributed by atoms with van der Waals surface area (Å²) < 4.78 is 0.804. The summed E-state index contributed by atoms with van der Waals surface area (Å²) in [5, 5.41) is 13.0. The highest BCUT2D eigenvalue weighted by Gasteiger charge is 2.24. The Morgan fingerprint density at radius 3 is 2.70 bits per heavy atom. The number of hydrogen-bond donors (Lipinski definition) is 2. The van der Waals surface area contributed by atoms with Gasteiger partial charge in [-0.05, 0) is 50.6 Å². The number of aromatic hydroxyl groups is 1. The molecular weight excluding hydrogens is 344 g/mol. The van der Waals surface area contributed by atoms with Crippen molar-refractivity contribution >= 4 is 34.2 Å². The lowest BCUT2D eigenvalue weighted by molar-refractivity contribution is 0.0688. The van der Waals surface area contributed by atoms with E-state index in [2.05, 4.69) is 21.2 Å². The van der Waals surface area contributed by atoms with Gasteiger partial charge in [-0.15, -0.1) is 12.4 Å². The highest BCUT2D eigenvalue weighted by atomic mass is 79.9. The average Bonchev–Trinajstić information content (AvgIpc) is 2.42. The molecule has 0 bridgehead atoms. The number of hydrogen-bond acceptors (Lipinski definition) is 3. The maximum Gasteiger partial charge on any atom is 0.257 e. The molecule has 1 amide bonds. The van der Waals surface area contributed by atoms with Gasteiger partial charge in [0.25, 0.3) is 5.91 Å². The van der Waals surface area contributed by atoms with Crippen molar-refractivity contribution in [1.29, 1.82) is 0 Å². The first-order valence-corrected chi connectivity index (χ1v) is 7.33. The molecule has 2 N–H and O–H groups in total. The summed E-state index contributed by atoms with van der Waals surface area (Å²) in [5.74, 6) is 0.609. The van der Waals surface area contributed by atoms with Crippen LogP contribution in [0.3, 0.4) is 0 Å². The van der Waals surface area contributed by atoms with Gasteiger partial charge < -0.3 is 15.3 Å². The third-order valence-corrected chi connectivity index (χ3v) is 4.08. The number of amides is 1. The van der Waals surface area contributed by atoms with E-state index in [9.17, 15) is 9.90 Å². The zero-order valence-corrected chi connectivity index (χ0v) is 13.8. The number of benzene rings is 1. The Bertz CT molecular complexity index is 462. The van der Waals surface area contributed by atoms with Crippen LogP contribution < -0.4 is 5.32 Å². The first-order chi connectivity index (χ1) is 9.11. The lowest BCUT2D eigenvalue weighted by Crippen LogP contribution is -2.40. The summed E-state index contributed by atoms with van der Waals surface area (Å²) in [5.41, 5.74) is 0.376. The molecule has 1 aliphatic rings. The van der Waals surface area contributed by atoms with Crippen LogP contribution >= 0.6 is 28.3 Å². The summed E-state index contributed by atoms with van der Waals surface area (Å²) >= 11 is 3.33. The standard InChI is InChI=1S/C14H19BrN2O2.ClH/c1-16-9-10-4-6-17(7-5-10)14(19)12-8-11(15)2-3-13(12)18;/h2-3,8,10,16,18H,4-7,9H2,1H3;1H. The number of carbonyl (C=O) groups excluding carboxylic acids is 1. The van der Waals surface area contributed by atoms with Crippen molar-refractivity contribution in [1.82, 2.24) is 10.2 Å². The van der Waals surface area contributed by atoms with E-state index in [0.29, 0.717) is 11.5 Å². The largest absolute Gasteiger partial charge is 0.507 e. The van der Waals surface area contributed by atoms with Crippen molar-refractivity contribution in [3.63, 3.8) is 0 Å². The van der Waals surface area contributed by atoms with Crippen LogP contribution in [-0.4, -0.2) is 42.6 Å². The number of rotatable bonds is 3. The summed E-state index contributed by atoms with van der Waals surface area (Å²) in [7, 11) is 1.96. The Labute approximate surface area is 134 Å². The Kier molecular flexibility index (Phi) is 6.79. The molecule has 1 aromatic carbocycles. The number of carbonyl (C=O) groups is 1. The van der Waals surface area contributed by atoms with Gasteiger partial charge in [-0.1, -0.05) is 15.9 Å². The van der Waals surface area contributed by atoms with Gasteiger partial charge in [-0.25, -0.2) is 0 Å². The van der Waals surface area contributed by atoms with Crippen molar-refractivity contribution in [2.75, 3.05) is 26.7 Å². The zero-order valence-electron chi connectivity index (χ0n) is 11.4. The van der Waals surface area contributed by atoms with Crippen LogP contribution in [0.1, 0.15) is 23.2 Å². The van der Waals surface area contributed by atoms with Crippen molar-refractivity contribution < 1.29 is 9.90 Å². The first kappa shape index (κ1) is 17.3.